The van der Waals surface area contributed by atoms with Crippen molar-refractivity contribution in [2.75, 3.05) is 26.9 Å². The first kappa shape index (κ1) is 22.9. The van der Waals surface area contributed by atoms with Crippen LogP contribution in [-0.2, 0) is 11.3 Å². The van der Waals surface area contributed by atoms with Gasteiger partial charge in [0.05, 0.1) is 19.8 Å². The normalized spacial score (nSPS) is 12.2. The fourth-order valence-electron chi connectivity index (χ4n) is 2.00. The third kappa shape index (κ3) is 9.27. The van der Waals surface area contributed by atoms with Gasteiger partial charge in [0.15, 0.2) is 5.96 Å². The lowest BCUT2D eigenvalue weighted by Gasteiger charge is -2.17. The van der Waals surface area contributed by atoms with E-state index in [1.165, 1.54) is 0 Å². The summed E-state index contributed by atoms with van der Waals surface area (Å²) in [5.41, 5.74) is 0.986. The Bertz CT molecular complexity index is 472. The van der Waals surface area contributed by atoms with Gasteiger partial charge in [0, 0.05) is 31.5 Å². The lowest BCUT2D eigenvalue weighted by atomic mass is 10.2. The highest BCUT2D eigenvalue weighted by Crippen LogP contribution is 2.15. The molecular formula is C17H31IN4O2. The van der Waals surface area contributed by atoms with E-state index in [2.05, 4.69) is 34.5 Å². The van der Waals surface area contributed by atoms with Crippen molar-refractivity contribution in [2.45, 2.75) is 46.2 Å². The SMILES string of the molecule is CCCCOc1ncccc1CN=C(NCC)NC(C)COC.I. The molecule has 0 spiro atoms. The lowest BCUT2D eigenvalue weighted by Crippen LogP contribution is -2.43. The Labute approximate surface area is 162 Å². The number of hydrogen-bond donors (Lipinski definition) is 2. The molecule has 0 fully saturated rings. The molecule has 0 bridgehead atoms. The van der Waals surface area contributed by atoms with Gasteiger partial charge in [-0.05, 0) is 26.3 Å². The number of unbranched alkanes of at least 4 members (excludes halogenated alkanes) is 1. The third-order valence-electron chi connectivity index (χ3n) is 3.14. The predicted molar refractivity (Wildman–Crippen MR) is 109 cm³/mol. The Kier molecular flexibility index (Phi) is 13.6. The Balaban J connectivity index is 0.00000529. The second-order valence-corrected chi connectivity index (χ2v) is 5.37. The van der Waals surface area contributed by atoms with Gasteiger partial charge in [0.2, 0.25) is 5.88 Å². The maximum atomic E-state index is 5.75. The van der Waals surface area contributed by atoms with Gasteiger partial charge in [-0.25, -0.2) is 9.98 Å². The summed E-state index contributed by atoms with van der Waals surface area (Å²) >= 11 is 0. The highest BCUT2D eigenvalue weighted by molar-refractivity contribution is 14.0. The van der Waals surface area contributed by atoms with E-state index in [1.54, 1.807) is 13.3 Å². The van der Waals surface area contributed by atoms with Crippen LogP contribution in [0.4, 0.5) is 0 Å². The molecule has 138 valence electrons. The molecule has 0 saturated heterocycles. The number of aliphatic imine (C=N–C) groups is 1. The van der Waals surface area contributed by atoms with Gasteiger partial charge in [-0.3, -0.25) is 0 Å². The fourth-order valence-corrected chi connectivity index (χ4v) is 2.00. The van der Waals surface area contributed by atoms with E-state index in [4.69, 9.17) is 9.47 Å². The summed E-state index contributed by atoms with van der Waals surface area (Å²) < 4.78 is 10.9. The molecule has 0 aliphatic heterocycles. The number of pyridine rings is 1. The van der Waals surface area contributed by atoms with Crippen LogP contribution in [0.3, 0.4) is 0 Å². The van der Waals surface area contributed by atoms with Crippen LogP contribution in [0.2, 0.25) is 0 Å². The van der Waals surface area contributed by atoms with Crippen molar-refractivity contribution >= 4 is 29.9 Å². The van der Waals surface area contributed by atoms with Gasteiger partial charge in [-0.1, -0.05) is 19.4 Å². The van der Waals surface area contributed by atoms with E-state index in [9.17, 15) is 0 Å². The van der Waals surface area contributed by atoms with E-state index >= 15 is 0 Å². The summed E-state index contributed by atoms with van der Waals surface area (Å²) in [6.45, 7) is 8.88. The molecule has 0 aliphatic carbocycles. The highest BCUT2D eigenvalue weighted by Gasteiger charge is 2.07. The van der Waals surface area contributed by atoms with Crippen LogP contribution in [0.15, 0.2) is 23.3 Å². The van der Waals surface area contributed by atoms with E-state index in [-0.39, 0.29) is 30.0 Å². The van der Waals surface area contributed by atoms with Crippen molar-refractivity contribution in [1.82, 2.24) is 15.6 Å². The molecule has 0 saturated carbocycles. The minimum atomic E-state index is 0. The molecule has 6 nitrogen and oxygen atoms in total. The quantitative estimate of drug-likeness (QED) is 0.248. The average molecular weight is 450 g/mol. The number of hydrogen-bond acceptors (Lipinski definition) is 4. The second kappa shape index (κ2) is 14.3. The first-order valence-corrected chi connectivity index (χ1v) is 8.31. The number of nitrogens with zero attached hydrogens (tertiary/aromatic N) is 2. The number of ether oxygens (including phenoxy) is 2. The predicted octanol–water partition coefficient (Wildman–Crippen LogP) is 2.97. The van der Waals surface area contributed by atoms with E-state index < -0.39 is 0 Å². The summed E-state index contributed by atoms with van der Waals surface area (Å²) in [7, 11) is 1.69. The number of rotatable bonds is 10. The Morgan fingerprint density at radius 3 is 2.83 bits per heavy atom. The number of aromatic nitrogens is 1. The molecule has 1 rings (SSSR count). The van der Waals surface area contributed by atoms with Crippen molar-refractivity contribution in [3.63, 3.8) is 0 Å². The Morgan fingerprint density at radius 2 is 2.17 bits per heavy atom. The van der Waals surface area contributed by atoms with Gasteiger partial charge in [-0.2, -0.15) is 0 Å². The maximum Gasteiger partial charge on any atom is 0.218 e. The molecule has 1 heterocycles. The Morgan fingerprint density at radius 1 is 1.38 bits per heavy atom. The topological polar surface area (TPSA) is 67.8 Å². The fraction of sp³-hybridized carbons (Fsp3) is 0.647. The minimum absolute atomic E-state index is 0. The minimum Gasteiger partial charge on any atom is -0.477 e. The molecule has 0 aliphatic rings. The summed E-state index contributed by atoms with van der Waals surface area (Å²) in [6, 6.07) is 4.10. The average Bonchev–Trinajstić information content (AvgIpc) is 2.54. The number of methoxy groups -OCH3 is 1. The van der Waals surface area contributed by atoms with E-state index in [0.29, 0.717) is 25.6 Å². The van der Waals surface area contributed by atoms with Crippen LogP contribution >= 0.6 is 24.0 Å². The monoisotopic (exact) mass is 450 g/mol. The smallest absolute Gasteiger partial charge is 0.218 e. The number of halogens is 1. The molecule has 1 unspecified atom stereocenters. The van der Waals surface area contributed by atoms with Crippen LogP contribution in [0.5, 0.6) is 5.88 Å². The molecule has 0 aromatic carbocycles. The zero-order valence-electron chi connectivity index (χ0n) is 15.2. The van der Waals surface area contributed by atoms with Crippen molar-refractivity contribution in [3.05, 3.63) is 23.9 Å². The van der Waals surface area contributed by atoms with Gasteiger partial charge in [0.25, 0.3) is 0 Å². The van der Waals surface area contributed by atoms with Crippen molar-refractivity contribution < 1.29 is 9.47 Å². The van der Waals surface area contributed by atoms with Gasteiger partial charge in [0.1, 0.15) is 0 Å². The zero-order valence-corrected chi connectivity index (χ0v) is 17.5. The molecule has 1 aromatic rings. The molecule has 1 aromatic heterocycles. The van der Waals surface area contributed by atoms with Crippen LogP contribution in [0, 0.1) is 0 Å². The summed E-state index contributed by atoms with van der Waals surface area (Å²) in [5, 5.41) is 6.55. The van der Waals surface area contributed by atoms with Crippen LogP contribution < -0.4 is 15.4 Å². The van der Waals surface area contributed by atoms with E-state index in [1.807, 2.05) is 19.1 Å². The van der Waals surface area contributed by atoms with Crippen LogP contribution in [0.25, 0.3) is 0 Å². The maximum absolute atomic E-state index is 5.75. The molecule has 0 amide bonds. The van der Waals surface area contributed by atoms with E-state index in [0.717, 1.165) is 30.9 Å². The Hall–Kier alpha value is -1.09. The number of guanidine groups is 1. The molecule has 24 heavy (non-hydrogen) atoms. The first-order valence-electron chi connectivity index (χ1n) is 8.31. The van der Waals surface area contributed by atoms with Crippen molar-refractivity contribution in [3.8, 4) is 5.88 Å². The molecule has 1 atom stereocenters. The highest BCUT2D eigenvalue weighted by atomic mass is 127. The molecule has 2 N–H and O–H groups in total. The second-order valence-electron chi connectivity index (χ2n) is 5.37. The summed E-state index contributed by atoms with van der Waals surface area (Å²) in [5.74, 6) is 1.44. The van der Waals surface area contributed by atoms with Crippen molar-refractivity contribution in [2.24, 2.45) is 4.99 Å². The number of nitrogens with one attached hydrogen (secondary N) is 2. The lowest BCUT2D eigenvalue weighted by molar-refractivity contribution is 0.179. The van der Waals surface area contributed by atoms with Gasteiger partial charge < -0.3 is 20.1 Å². The molecule has 7 heteroatoms. The van der Waals surface area contributed by atoms with Gasteiger partial charge >= 0.3 is 0 Å². The summed E-state index contributed by atoms with van der Waals surface area (Å²) in [4.78, 5) is 8.93. The first-order chi connectivity index (χ1) is 11.2. The third-order valence-corrected chi connectivity index (χ3v) is 3.14. The summed E-state index contributed by atoms with van der Waals surface area (Å²) in [6.07, 6.45) is 3.88. The van der Waals surface area contributed by atoms with Gasteiger partial charge in [-0.15, -0.1) is 24.0 Å². The standard InChI is InChI=1S/C17H30N4O2.HI/c1-5-7-11-23-16-15(9-8-10-19-16)12-20-17(18-6-2)21-14(3)13-22-4;/h8-10,14H,5-7,11-13H2,1-4H3,(H2,18,20,21);1H. The van der Waals surface area contributed by atoms with Crippen LogP contribution in [0.1, 0.15) is 39.2 Å². The zero-order chi connectivity index (χ0) is 16.9. The van der Waals surface area contributed by atoms with Crippen LogP contribution in [-0.4, -0.2) is 43.9 Å². The van der Waals surface area contributed by atoms with Crippen molar-refractivity contribution in [1.29, 1.82) is 0 Å². The molecular weight excluding hydrogens is 419 g/mol. The largest absolute Gasteiger partial charge is 0.477 e. The molecule has 0 radical (unpaired) electrons.